The number of aromatic amines is 1. The number of nitrogens with one attached hydrogen (secondary N) is 1. The molecule has 2 aliphatic rings. The highest BCUT2D eigenvalue weighted by Gasteiger charge is 2.16. The molecule has 7 rings (SSSR count). The van der Waals surface area contributed by atoms with Crippen molar-refractivity contribution >= 4 is 44.5 Å². The summed E-state index contributed by atoms with van der Waals surface area (Å²) in [5.41, 5.74) is 13.4. The second-order valence-electron chi connectivity index (χ2n) is 8.68. The molecule has 0 atom stereocenters. The molecule has 0 radical (unpaired) electrons. The molecule has 2 nitrogen and oxygen atoms in total. The molecule has 0 saturated carbocycles. The highest BCUT2D eigenvalue weighted by atomic mass is 15.0. The van der Waals surface area contributed by atoms with Crippen LogP contribution in [0.15, 0.2) is 90.7 Å². The normalized spacial score (nSPS) is 15.1. The lowest BCUT2D eigenvalue weighted by Gasteiger charge is -2.10. The van der Waals surface area contributed by atoms with E-state index in [1.807, 2.05) is 0 Å². The monoisotopic (exact) mass is 410 g/mol. The SMILES string of the molecule is C1=CCC=C(n2c3ccccc3c3cc(-c4ccc5[nH]c6c(c5c4)CCC=C6)ccc32)C=1. The summed E-state index contributed by atoms with van der Waals surface area (Å²) in [4.78, 5) is 3.58. The molecule has 2 aliphatic carbocycles. The lowest BCUT2D eigenvalue weighted by molar-refractivity contribution is 0.992. The topological polar surface area (TPSA) is 20.7 Å². The van der Waals surface area contributed by atoms with E-state index in [0.717, 1.165) is 19.3 Å². The fourth-order valence-corrected chi connectivity index (χ4v) is 5.33. The molecule has 0 bridgehead atoms. The number of H-pyrrole nitrogens is 1. The third-order valence-corrected chi connectivity index (χ3v) is 6.84. The Morgan fingerprint density at radius 2 is 1.69 bits per heavy atom. The van der Waals surface area contributed by atoms with Crippen LogP contribution in [0.5, 0.6) is 0 Å². The van der Waals surface area contributed by atoms with E-state index in [9.17, 15) is 0 Å². The van der Waals surface area contributed by atoms with Crippen LogP contribution in [0, 0.1) is 0 Å². The Hall–Kier alpha value is -4.00. The van der Waals surface area contributed by atoms with Crippen LogP contribution in [0.4, 0.5) is 0 Å². The van der Waals surface area contributed by atoms with Crippen molar-refractivity contribution in [2.24, 2.45) is 0 Å². The van der Waals surface area contributed by atoms with Crippen LogP contribution in [0.25, 0.3) is 55.6 Å². The van der Waals surface area contributed by atoms with Gasteiger partial charge in [-0.15, -0.1) is 5.73 Å². The molecule has 0 saturated heterocycles. The number of aromatic nitrogens is 2. The Balaban J connectivity index is 1.45. The average Bonchev–Trinajstić information content (AvgIpc) is 3.39. The van der Waals surface area contributed by atoms with Gasteiger partial charge in [-0.1, -0.05) is 42.5 Å². The number of aryl methyl sites for hydroxylation is 1. The zero-order valence-corrected chi connectivity index (χ0v) is 17.7. The molecule has 2 aromatic heterocycles. The third-order valence-electron chi connectivity index (χ3n) is 6.84. The van der Waals surface area contributed by atoms with Gasteiger partial charge in [0.05, 0.1) is 16.7 Å². The van der Waals surface area contributed by atoms with Crippen molar-refractivity contribution in [2.45, 2.75) is 19.3 Å². The zero-order valence-electron chi connectivity index (χ0n) is 17.7. The van der Waals surface area contributed by atoms with Gasteiger partial charge in [-0.25, -0.2) is 0 Å². The van der Waals surface area contributed by atoms with E-state index in [2.05, 4.69) is 106 Å². The molecule has 2 heteroatoms. The number of hydrogen-bond donors (Lipinski definition) is 1. The summed E-state index contributed by atoms with van der Waals surface area (Å²) in [5, 5.41) is 3.94. The molecule has 0 unspecified atom stereocenters. The minimum Gasteiger partial charge on any atom is -0.355 e. The number of benzene rings is 3. The van der Waals surface area contributed by atoms with E-state index < -0.39 is 0 Å². The van der Waals surface area contributed by atoms with Crippen LogP contribution >= 0.6 is 0 Å². The van der Waals surface area contributed by atoms with Crippen molar-refractivity contribution in [1.82, 2.24) is 9.55 Å². The molecule has 0 aliphatic heterocycles. The summed E-state index contributed by atoms with van der Waals surface area (Å²) < 4.78 is 2.37. The molecular formula is C30H22N2. The van der Waals surface area contributed by atoms with Gasteiger partial charge >= 0.3 is 0 Å². The number of allylic oxidation sites excluding steroid dienone is 4. The van der Waals surface area contributed by atoms with Crippen LogP contribution in [-0.4, -0.2) is 9.55 Å². The summed E-state index contributed by atoms with van der Waals surface area (Å²) in [5.74, 6) is 0. The Morgan fingerprint density at radius 3 is 2.59 bits per heavy atom. The Labute approximate surface area is 186 Å². The quantitative estimate of drug-likeness (QED) is 0.286. The van der Waals surface area contributed by atoms with Crippen molar-refractivity contribution in [3.8, 4) is 11.1 Å². The Morgan fingerprint density at radius 1 is 0.844 bits per heavy atom. The van der Waals surface area contributed by atoms with Gasteiger partial charge in [0.1, 0.15) is 0 Å². The second kappa shape index (κ2) is 6.75. The van der Waals surface area contributed by atoms with Gasteiger partial charge in [0.2, 0.25) is 0 Å². The third kappa shape index (κ3) is 2.54. The smallest absolute Gasteiger partial charge is 0.0541 e. The summed E-state index contributed by atoms with van der Waals surface area (Å²) in [6.45, 7) is 0. The Bertz CT molecular complexity index is 1680. The van der Waals surface area contributed by atoms with Crippen molar-refractivity contribution in [3.05, 3.63) is 102 Å². The summed E-state index contributed by atoms with van der Waals surface area (Å²) in [6.07, 6.45) is 14.1. The predicted molar refractivity (Wildman–Crippen MR) is 136 cm³/mol. The maximum atomic E-state index is 3.58. The minimum atomic E-state index is 0.925. The molecule has 152 valence electrons. The number of nitrogens with zero attached hydrogens (tertiary/aromatic N) is 1. The first-order valence-electron chi connectivity index (χ1n) is 11.3. The fourth-order valence-electron chi connectivity index (χ4n) is 5.33. The highest BCUT2D eigenvalue weighted by molar-refractivity contribution is 6.11. The average molecular weight is 411 g/mol. The van der Waals surface area contributed by atoms with E-state index in [4.69, 9.17) is 0 Å². The predicted octanol–water partition coefficient (Wildman–Crippen LogP) is 7.86. The zero-order chi connectivity index (χ0) is 21.1. The molecule has 5 aromatic rings. The van der Waals surface area contributed by atoms with Gasteiger partial charge in [0, 0.05) is 33.4 Å². The van der Waals surface area contributed by atoms with Crippen molar-refractivity contribution in [1.29, 1.82) is 0 Å². The van der Waals surface area contributed by atoms with Gasteiger partial charge in [0.25, 0.3) is 0 Å². The molecule has 0 amide bonds. The second-order valence-corrected chi connectivity index (χ2v) is 8.68. The summed E-state index contributed by atoms with van der Waals surface area (Å²) >= 11 is 0. The summed E-state index contributed by atoms with van der Waals surface area (Å²) in [6, 6.07) is 22.4. The van der Waals surface area contributed by atoms with Crippen molar-refractivity contribution in [2.75, 3.05) is 0 Å². The largest absolute Gasteiger partial charge is 0.355 e. The molecule has 3 aromatic carbocycles. The van der Waals surface area contributed by atoms with Gasteiger partial charge < -0.3 is 9.55 Å². The Kier molecular flexibility index (Phi) is 3.72. The first kappa shape index (κ1) is 17.7. The van der Waals surface area contributed by atoms with Gasteiger partial charge in [-0.2, -0.15) is 0 Å². The summed E-state index contributed by atoms with van der Waals surface area (Å²) in [7, 11) is 0. The van der Waals surface area contributed by atoms with Crippen LogP contribution in [-0.2, 0) is 6.42 Å². The van der Waals surface area contributed by atoms with Gasteiger partial charge in [0.15, 0.2) is 0 Å². The minimum absolute atomic E-state index is 0.925. The number of hydrogen-bond acceptors (Lipinski definition) is 0. The molecule has 0 fully saturated rings. The molecule has 32 heavy (non-hydrogen) atoms. The van der Waals surface area contributed by atoms with Crippen molar-refractivity contribution in [3.63, 3.8) is 0 Å². The van der Waals surface area contributed by atoms with Crippen LogP contribution in [0.1, 0.15) is 24.1 Å². The number of para-hydroxylation sites is 1. The first-order chi connectivity index (χ1) is 15.9. The van der Waals surface area contributed by atoms with E-state index >= 15 is 0 Å². The maximum absolute atomic E-state index is 3.58. The lowest BCUT2D eigenvalue weighted by Crippen LogP contribution is -1.95. The first-order valence-corrected chi connectivity index (χ1v) is 11.3. The van der Waals surface area contributed by atoms with Gasteiger partial charge in [-0.3, -0.25) is 0 Å². The molecule has 1 N–H and O–H groups in total. The van der Waals surface area contributed by atoms with Crippen LogP contribution in [0.2, 0.25) is 0 Å². The molecule has 2 heterocycles. The van der Waals surface area contributed by atoms with E-state index in [-0.39, 0.29) is 0 Å². The standard InChI is InChI=1S/C30H22N2/c1-2-8-22(9-3-1)32-29-13-7-5-11-24(29)26-19-21(15-17-30(26)32)20-14-16-28-25(18-20)23-10-4-6-12-27(23)31-28/h1,5-9,11-19,31H,2,4,10H2. The lowest BCUT2D eigenvalue weighted by atomic mass is 9.97. The van der Waals surface area contributed by atoms with Gasteiger partial charge in [-0.05, 0) is 78.4 Å². The van der Waals surface area contributed by atoms with E-state index in [1.54, 1.807) is 0 Å². The maximum Gasteiger partial charge on any atom is 0.0541 e. The van der Waals surface area contributed by atoms with Crippen molar-refractivity contribution < 1.29 is 0 Å². The van der Waals surface area contributed by atoms with E-state index in [1.165, 1.54) is 60.8 Å². The molecular weight excluding hydrogens is 388 g/mol. The molecule has 0 spiro atoms. The fraction of sp³-hybridized carbons (Fsp3) is 0.100. The van der Waals surface area contributed by atoms with Crippen LogP contribution < -0.4 is 0 Å². The van der Waals surface area contributed by atoms with Crippen LogP contribution in [0.3, 0.4) is 0 Å². The number of rotatable bonds is 2. The number of fused-ring (bicyclic) bond motifs is 6. The van der Waals surface area contributed by atoms with E-state index in [0.29, 0.717) is 0 Å². The highest BCUT2D eigenvalue weighted by Crippen LogP contribution is 2.37.